The fourth-order valence-corrected chi connectivity index (χ4v) is 3.07. The van der Waals surface area contributed by atoms with Crippen molar-refractivity contribution >= 4 is 34.5 Å². The topological polar surface area (TPSA) is 113 Å². The normalized spacial score (nSPS) is 11.4. The van der Waals surface area contributed by atoms with Crippen molar-refractivity contribution in [1.29, 1.82) is 0 Å². The van der Waals surface area contributed by atoms with Gasteiger partial charge in [-0.2, -0.15) is 14.6 Å². The van der Waals surface area contributed by atoms with E-state index in [-0.39, 0.29) is 12.2 Å². The molecule has 0 saturated heterocycles. The van der Waals surface area contributed by atoms with Gasteiger partial charge in [0.1, 0.15) is 5.69 Å². The minimum Gasteiger partial charge on any atom is -0.469 e. The van der Waals surface area contributed by atoms with Crippen LogP contribution >= 0.6 is 11.6 Å². The Hall–Kier alpha value is -3.79. The summed E-state index contributed by atoms with van der Waals surface area (Å²) in [6.07, 6.45) is 1.47. The lowest BCUT2D eigenvalue weighted by Crippen LogP contribution is -2.06. The summed E-state index contributed by atoms with van der Waals surface area (Å²) < 4.78 is 13.3. The van der Waals surface area contributed by atoms with E-state index in [1.54, 1.807) is 41.1 Å². The summed E-state index contributed by atoms with van der Waals surface area (Å²) in [6, 6.07) is 10.6. The Morgan fingerprint density at radius 3 is 2.72 bits per heavy atom. The summed E-state index contributed by atoms with van der Waals surface area (Å²) in [5.41, 5.74) is 2.03. The summed E-state index contributed by atoms with van der Waals surface area (Å²) in [4.78, 5) is 16.2. The Bertz CT molecular complexity index is 1340. The lowest BCUT2D eigenvalue weighted by atomic mass is 10.3. The second-order valence-corrected chi connectivity index (χ2v) is 6.52. The largest absolute Gasteiger partial charge is 0.469 e. The number of esters is 1. The predicted octanol–water partition coefficient (Wildman–Crippen LogP) is 2.49. The van der Waals surface area contributed by atoms with Gasteiger partial charge in [0.05, 0.1) is 25.5 Å². The second-order valence-electron chi connectivity index (χ2n) is 6.08. The van der Waals surface area contributed by atoms with Crippen LogP contribution in [0.3, 0.4) is 0 Å². The first-order valence-electron chi connectivity index (χ1n) is 8.52. The van der Waals surface area contributed by atoms with Crippen molar-refractivity contribution in [2.45, 2.75) is 6.42 Å². The maximum atomic E-state index is 11.9. The first-order valence-corrected chi connectivity index (χ1v) is 8.89. The highest BCUT2D eigenvalue weighted by atomic mass is 35.5. The summed E-state index contributed by atoms with van der Waals surface area (Å²) in [6.45, 7) is 0. The van der Waals surface area contributed by atoms with Crippen LogP contribution in [0.15, 0.2) is 47.1 Å². The van der Waals surface area contributed by atoms with Crippen LogP contribution in [0.2, 0.25) is 5.02 Å². The number of ether oxygens (including phenoxy) is 1. The molecule has 144 valence electrons. The fraction of sp³-hybridized carbons (Fsp3) is 0.111. The van der Waals surface area contributed by atoms with Crippen LogP contribution in [-0.4, -0.2) is 47.7 Å². The second kappa shape index (κ2) is 6.67. The van der Waals surface area contributed by atoms with E-state index in [0.717, 1.165) is 0 Å². The van der Waals surface area contributed by atoms with Gasteiger partial charge in [-0.15, -0.1) is 15.3 Å². The molecule has 4 aromatic heterocycles. The molecule has 1 aromatic carbocycles. The van der Waals surface area contributed by atoms with Crippen molar-refractivity contribution < 1.29 is 13.9 Å². The molecule has 0 fully saturated rings. The molecule has 0 aliphatic rings. The molecule has 0 spiro atoms. The molecule has 0 unspecified atom stereocenters. The van der Waals surface area contributed by atoms with Gasteiger partial charge in [0.25, 0.3) is 5.78 Å². The molecule has 29 heavy (non-hydrogen) atoms. The van der Waals surface area contributed by atoms with Crippen LogP contribution in [0.4, 0.5) is 0 Å². The molecular formula is C18H12ClN7O3. The van der Waals surface area contributed by atoms with Crippen molar-refractivity contribution in [3.8, 4) is 17.3 Å². The number of rotatable bonds is 4. The number of aromatic nitrogens is 7. The highest BCUT2D eigenvalue weighted by Crippen LogP contribution is 2.24. The van der Waals surface area contributed by atoms with Crippen LogP contribution in [-0.2, 0) is 16.0 Å². The van der Waals surface area contributed by atoms with E-state index >= 15 is 0 Å². The van der Waals surface area contributed by atoms with Crippen LogP contribution < -0.4 is 0 Å². The zero-order valence-corrected chi connectivity index (χ0v) is 15.7. The van der Waals surface area contributed by atoms with E-state index in [0.29, 0.717) is 39.2 Å². The molecule has 0 N–H and O–H groups in total. The molecule has 0 aliphatic heterocycles. The summed E-state index contributed by atoms with van der Waals surface area (Å²) in [5, 5.41) is 18.0. The van der Waals surface area contributed by atoms with Crippen molar-refractivity contribution in [2.24, 2.45) is 0 Å². The Labute approximate surface area is 167 Å². The van der Waals surface area contributed by atoms with Crippen LogP contribution in [0, 0.1) is 0 Å². The molecule has 5 aromatic rings. The lowest BCUT2D eigenvalue weighted by Gasteiger charge is -2.03. The third-order valence-electron chi connectivity index (χ3n) is 4.29. The number of carbonyl (C=O) groups excluding carboxylic acids is 1. The molecule has 11 heteroatoms. The molecule has 0 amide bonds. The highest BCUT2D eigenvalue weighted by Gasteiger charge is 2.22. The number of fused-ring (bicyclic) bond motifs is 3. The number of benzene rings is 1. The van der Waals surface area contributed by atoms with Crippen LogP contribution in [0.25, 0.3) is 34.2 Å². The van der Waals surface area contributed by atoms with E-state index in [1.807, 2.05) is 0 Å². The van der Waals surface area contributed by atoms with E-state index in [4.69, 9.17) is 20.8 Å². The van der Waals surface area contributed by atoms with Gasteiger partial charge in [-0.1, -0.05) is 11.6 Å². The average molecular weight is 410 g/mol. The quantitative estimate of drug-likeness (QED) is 0.416. The number of hydrogen-bond donors (Lipinski definition) is 0. The monoisotopic (exact) mass is 409 g/mol. The summed E-state index contributed by atoms with van der Waals surface area (Å²) in [7, 11) is 1.32. The lowest BCUT2D eigenvalue weighted by molar-refractivity contribution is -0.139. The third kappa shape index (κ3) is 2.90. The number of halogens is 1. The molecule has 0 radical (unpaired) electrons. The first kappa shape index (κ1) is 17.3. The van der Waals surface area contributed by atoms with Gasteiger partial charge in [-0.3, -0.25) is 4.79 Å². The van der Waals surface area contributed by atoms with Gasteiger partial charge in [-0.25, -0.2) is 4.68 Å². The predicted molar refractivity (Wildman–Crippen MR) is 102 cm³/mol. The summed E-state index contributed by atoms with van der Waals surface area (Å²) >= 11 is 6.01. The SMILES string of the molecule is COC(=O)Cc1nn(-c2ccc(Cl)cc2)c2c1nnc1nc(-c3ccco3)nn12. The van der Waals surface area contributed by atoms with Crippen molar-refractivity contribution in [3.05, 3.63) is 53.4 Å². The van der Waals surface area contributed by atoms with Crippen molar-refractivity contribution in [3.63, 3.8) is 0 Å². The zero-order chi connectivity index (χ0) is 20.0. The first-order chi connectivity index (χ1) is 14.1. The zero-order valence-electron chi connectivity index (χ0n) is 15.0. The van der Waals surface area contributed by atoms with Gasteiger partial charge in [0.2, 0.25) is 5.82 Å². The average Bonchev–Trinajstić information content (AvgIpc) is 3.46. The minimum atomic E-state index is -0.440. The molecule has 0 atom stereocenters. The van der Waals surface area contributed by atoms with Gasteiger partial charge in [0.15, 0.2) is 16.9 Å². The standard InChI is InChI=1S/C18H12ClN7O3/c1-28-14(27)9-12-15-17(25(23-12)11-6-4-10(19)5-7-11)26-18(22-21-15)20-16(24-26)13-3-2-8-29-13/h2-8H,9H2,1H3. The number of carbonyl (C=O) groups is 1. The Balaban J connectivity index is 1.79. The number of hydrogen-bond acceptors (Lipinski definition) is 8. The van der Waals surface area contributed by atoms with Crippen LogP contribution in [0.1, 0.15) is 5.69 Å². The van der Waals surface area contributed by atoms with E-state index in [2.05, 4.69) is 25.4 Å². The van der Waals surface area contributed by atoms with Gasteiger partial charge < -0.3 is 9.15 Å². The molecule has 10 nitrogen and oxygen atoms in total. The van der Waals surface area contributed by atoms with Gasteiger partial charge in [-0.05, 0) is 36.4 Å². The fourth-order valence-electron chi connectivity index (χ4n) is 2.94. The Morgan fingerprint density at radius 1 is 1.17 bits per heavy atom. The molecule has 0 aliphatic carbocycles. The van der Waals surface area contributed by atoms with E-state index in [1.165, 1.54) is 17.9 Å². The molecular weight excluding hydrogens is 398 g/mol. The number of furan rings is 1. The molecule has 4 heterocycles. The number of methoxy groups -OCH3 is 1. The van der Waals surface area contributed by atoms with Crippen molar-refractivity contribution in [2.75, 3.05) is 7.11 Å². The maximum Gasteiger partial charge on any atom is 0.311 e. The molecule has 5 rings (SSSR count). The Kier molecular flexibility index (Phi) is 3.98. The van der Waals surface area contributed by atoms with E-state index < -0.39 is 5.97 Å². The third-order valence-corrected chi connectivity index (χ3v) is 4.54. The highest BCUT2D eigenvalue weighted by molar-refractivity contribution is 6.30. The minimum absolute atomic E-state index is 0.0620. The molecule has 0 bridgehead atoms. The Morgan fingerprint density at radius 2 is 2.00 bits per heavy atom. The smallest absolute Gasteiger partial charge is 0.311 e. The summed E-state index contributed by atoms with van der Waals surface area (Å²) in [5.74, 6) is 0.680. The molecule has 0 saturated carbocycles. The van der Waals surface area contributed by atoms with Crippen LogP contribution in [0.5, 0.6) is 0 Å². The van der Waals surface area contributed by atoms with E-state index in [9.17, 15) is 4.79 Å². The number of nitrogens with zero attached hydrogens (tertiary/aromatic N) is 7. The van der Waals surface area contributed by atoms with Crippen molar-refractivity contribution in [1.82, 2.24) is 34.6 Å². The maximum absolute atomic E-state index is 11.9. The van der Waals surface area contributed by atoms with Gasteiger partial charge >= 0.3 is 5.97 Å². The van der Waals surface area contributed by atoms with Gasteiger partial charge in [0, 0.05) is 5.02 Å².